The van der Waals surface area contributed by atoms with Gasteiger partial charge in [0.2, 0.25) is 0 Å². The first-order valence-corrected chi connectivity index (χ1v) is 8.20. The van der Waals surface area contributed by atoms with Gasteiger partial charge < -0.3 is 10.6 Å². The van der Waals surface area contributed by atoms with Gasteiger partial charge in [0.15, 0.2) is 5.69 Å². The van der Waals surface area contributed by atoms with Crippen molar-refractivity contribution >= 4 is 11.7 Å². The zero-order valence-corrected chi connectivity index (χ0v) is 14.0. The fourth-order valence-electron chi connectivity index (χ4n) is 2.34. The van der Waals surface area contributed by atoms with Crippen LogP contribution in [0.2, 0.25) is 0 Å². The van der Waals surface area contributed by atoms with Gasteiger partial charge >= 0.3 is 0 Å². The SMILES string of the molecule is O=C(NCCc1ccccc1F)c1ccc(NCc2ccncc2)nn1. The second kappa shape index (κ2) is 8.66. The van der Waals surface area contributed by atoms with E-state index in [1.54, 1.807) is 42.7 Å². The van der Waals surface area contributed by atoms with Gasteiger partial charge in [0.1, 0.15) is 11.6 Å². The monoisotopic (exact) mass is 351 g/mol. The Bertz CT molecular complexity index is 855. The van der Waals surface area contributed by atoms with Crippen LogP contribution in [0, 0.1) is 5.82 Å². The summed E-state index contributed by atoms with van der Waals surface area (Å²) in [6.45, 7) is 0.912. The number of pyridine rings is 1. The number of carbonyl (C=O) groups is 1. The third kappa shape index (κ3) is 4.83. The molecule has 0 aliphatic carbocycles. The van der Waals surface area contributed by atoms with Crippen LogP contribution in [0.25, 0.3) is 0 Å². The number of hydrogen-bond donors (Lipinski definition) is 2. The summed E-state index contributed by atoms with van der Waals surface area (Å²) < 4.78 is 13.5. The molecule has 0 spiro atoms. The van der Waals surface area contributed by atoms with Gasteiger partial charge in [0.05, 0.1) is 0 Å². The Morgan fingerprint density at radius 3 is 2.54 bits per heavy atom. The van der Waals surface area contributed by atoms with Crippen LogP contribution in [0.15, 0.2) is 60.9 Å². The van der Waals surface area contributed by atoms with Gasteiger partial charge in [-0.15, -0.1) is 10.2 Å². The molecule has 0 radical (unpaired) electrons. The van der Waals surface area contributed by atoms with Crippen LogP contribution < -0.4 is 10.6 Å². The van der Waals surface area contributed by atoms with Crippen molar-refractivity contribution in [3.63, 3.8) is 0 Å². The first kappa shape index (κ1) is 17.5. The summed E-state index contributed by atoms with van der Waals surface area (Å²) in [5.41, 5.74) is 1.85. The largest absolute Gasteiger partial charge is 0.365 e. The zero-order chi connectivity index (χ0) is 18.2. The number of hydrogen-bond acceptors (Lipinski definition) is 5. The van der Waals surface area contributed by atoms with E-state index >= 15 is 0 Å². The number of amides is 1. The maximum atomic E-state index is 13.5. The van der Waals surface area contributed by atoms with E-state index in [4.69, 9.17) is 0 Å². The van der Waals surface area contributed by atoms with Gasteiger partial charge in [-0.2, -0.15) is 0 Å². The smallest absolute Gasteiger partial charge is 0.271 e. The lowest BCUT2D eigenvalue weighted by molar-refractivity contribution is 0.0948. The molecule has 6 nitrogen and oxygen atoms in total. The van der Waals surface area contributed by atoms with Crippen molar-refractivity contribution < 1.29 is 9.18 Å². The number of nitrogens with one attached hydrogen (secondary N) is 2. The Kier molecular flexibility index (Phi) is 5.82. The normalized spacial score (nSPS) is 10.3. The van der Waals surface area contributed by atoms with Crippen molar-refractivity contribution in [2.24, 2.45) is 0 Å². The van der Waals surface area contributed by atoms with E-state index in [2.05, 4.69) is 25.8 Å². The highest BCUT2D eigenvalue weighted by molar-refractivity contribution is 5.92. The molecule has 0 aliphatic heterocycles. The minimum absolute atomic E-state index is 0.216. The maximum absolute atomic E-state index is 13.5. The Hall–Kier alpha value is -3.35. The highest BCUT2D eigenvalue weighted by Gasteiger charge is 2.08. The van der Waals surface area contributed by atoms with E-state index in [0.717, 1.165) is 5.56 Å². The summed E-state index contributed by atoms with van der Waals surface area (Å²) in [5, 5.41) is 13.8. The van der Waals surface area contributed by atoms with Crippen molar-refractivity contribution in [1.82, 2.24) is 20.5 Å². The molecule has 7 heteroatoms. The minimum atomic E-state index is -0.338. The minimum Gasteiger partial charge on any atom is -0.365 e. The number of nitrogens with zero attached hydrogens (tertiary/aromatic N) is 3. The summed E-state index contributed by atoms with van der Waals surface area (Å²) in [5.74, 6) is -0.0367. The number of halogens is 1. The van der Waals surface area contributed by atoms with Crippen LogP contribution in [0.3, 0.4) is 0 Å². The van der Waals surface area contributed by atoms with Crippen molar-refractivity contribution in [2.75, 3.05) is 11.9 Å². The first-order chi connectivity index (χ1) is 12.7. The maximum Gasteiger partial charge on any atom is 0.271 e. The predicted octanol–water partition coefficient (Wildman–Crippen LogP) is 2.60. The predicted molar refractivity (Wildman–Crippen MR) is 96.0 cm³/mol. The van der Waals surface area contributed by atoms with E-state index in [9.17, 15) is 9.18 Å². The first-order valence-electron chi connectivity index (χ1n) is 8.20. The molecule has 3 aromatic rings. The van der Waals surface area contributed by atoms with E-state index < -0.39 is 0 Å². The molecule has 26 heavy (non-hydrogen) atoms. The molecule has 132 valence electrons. The number of benzene rings is 1. The van der Waals surface area contributed by atoms with E-state index in [-0.39, 0.29) is 17.4 Å². The lowest BCUT2D eigenvalue weighted by Crippen LogP contribution is -2.27. The molecule has 0 saturated carbocycles. The van der Waals surface area contributed by atoms with Crippen LogP contribution in [0.5, 0.6) is 0 Å². The summed E-state index contributed by atoms with van der Waals surface area (Å²) in [6.07, 6.45) is 3.85. The quantitative estimate of drug-likeness (QED) is 0.684. The third-order valence-corrected chi connectivity index (χ3v) is 3.76. The van der Waals surface area contributed by atoms with Crippen molar-refractivity contribution in [3.05, 3.63) is 83.6 Å². The third-order valence-electron chi connectivity index (χ3n) is 3.76. The topological polar surface area (TPSA) is 79.8 Å². The molecule has 3 rings (SSSR count). The highest BCUT2D eigenvalue weighted by Crippen LogP contribution is 2.07. The van der Waals surface area contributed by atoms with Crippen LogP contribution >= 0.6 is 0 Å². The van der Waals surface area contributed by atoms with Gasteiger partial charge in [-0.25, -0.2) is 4.39 Å². The van der Waals surface area contributed by atoms with E-state index in [1.807, 2.05) is 12.1 Å². The molecule has 1 amide bonds. The van der Waals surface area contributed by atoms with Gasteiger partial charge in [-0.3, -0.25) is 9.78 Å². The molecular formula is C19H18FN5O. The Morgan fingerprint density at radius 2 is 1.81 bits per heavy atom. The van der Waals surface area contributed by atoms with E-state index in [1.165, 1.54) is 6.07 Å². The molecule has 0 fully saturated rings. The van der Waals surface area contributed by atoms with Crippen LogP contribution in [0.4, 0.5) is 10.2 Å². The number of anilines is 1. The molecule has 1 aromatic carbocycles. The number of rotatable bonds is 7. The van der Waals surface area contributed by atoms with Crippen LogP contribution in [-0.4, -0.2) is 27.6 Å². The second-order valence-electron chi connectivity index (χ2n) is 5.61. The van der Waals surface area contributed by atoms with Crippen LogP contribution in [0.1, 0.15) is 21.6 Å². The highest BCUT2D eigenvalue weighted by atomic mass is 19.1. The van der Waals surface area contributed by atoms with Crippen molar-refractivity contribution in [3.8, 4) is 0 Å². The lowest BCUT2D eigenvalue weighted by atomic mass is 10.1. The zero-order valence-electron chi connectivity index (χ0n) is 14.0. The summed E-state index contributed by atoms with van der Waals surface area (Å²) in [6, 6.07) is 13.6. The lowest BCUT2D eigenvalue weighted by Gasteiger charge is -2.07. The molecule has 0 saturated heterocycles. The van der Waals surface area contributed by atoms with Gasteiger partial charge in [-0.1, -0.05) is 18.2 Å². The molecular weight excluding hydrogens is 333 g/mol. The summed E-state index contributed by atoms with van der Waals surface area (Å²) >= 11 is 0. The molecule has 0 atom stereocenters. The second-order valence-corrected chi connectivity index (χ2v) is 5.61. The Morgan fingerprint density at radius 1 is 1.00 bits per heavy atom. The summed E-state index contributed by atoms with van der Waals surface area (Å²) in [7, 11) is 0. The van der Waals surface area contributed by atoms with Gasteiger partial charge in [-0.05, 0) is 47.9 Å². The van der Waals surface area contributed by atoms with Crippen molar-refractivity contribution in [1.29, 1.82) is 0 Å². The average molecular weight is 351 g/mol. The van der Waals surface area contributed by atoms with Crippen LogP contribution in [-0.2, 0) is 13.0 Å². The van der Waals surface area contributed by atoms with Gasteiger partial charge in [0.25, 0.3) is 5.91 Å². The fraction of sp³-hybridized carbons (Fsp3) is 0.158. The Balaban J connectivity index is 1.48. The molecule has 0 bridgehead atoms. The molecule has 0 unspecified atom stereocenters. The summed E-state index contributed by atoms with van der Waals surface area (Å²) in [4.78, 5) is 16.0. The van der Waals surface area contributed by atoms with Crippen molar-refractivity contribution in [2.45, 2.75) is 13.0 Å². The van der Waals surface area contributed by atoms with E-state index in [0.29, 0.717) is 30.9 Å². The average Bonchev–Trinajstić information content (AvgIpc) is 2.69. The molecule has 2 aromatic heterocycles. The Labute approximate surface area is 150 Å². The fourth-order valence-corrected chi connectivity index (χ4v) is 2.34. The molecule has 2 N–H and O–H groups in total. The molecule has 0 aliphatic rings. The molecule has 2 heterocycles. The van der Waals surface area contributed by atoms with Gasteiger partial charge in [0, 0.05) is 25.5 Å². The standard InChI is InChI=1S/C19H18FN5O/c20-16-4-2-1-3-15(16)9-12-22-19(26)17-5-6-18(25-24-17)23-13-14-7-10-21-11-8-14/h1-8,10-11H,9,12-13H2,(H,22,26)(H,23,25). The number of carbonyl (C=O) groups excluding carboxylic acids is 1. The number of aromatic nitrogens is 3.